The number of halogens is 2. The Morgan fingerprint density at radius 1 is 1.71 bits per heavy atom. The first kappa shape index (κ1) is 15.5. The summed E-state index contributed by atoms with van der Waals surface area (Å²) in [6.07, 6.45) is 1.68. The molecular formula is C13H14ClFN4O2. The van der Waals surface area contributed by atoms with Gasteiger partial charge >= 0.3 is 0 Å². The first-order chi connectivity index (χ1) is 9.96. The van der Waals surface area contributed by atoms with Crippen LogP contribution in [0, 0.1) is 17.1 Å². The Bertz CT molecular complexity index is 655. The van der Waals surface area contributed by atoms with Crippen LogP contribution < -0.4 is 16.2 Å². The van der Waals surface area contributed by atoms with Gasteiger partial charge in [-0.25, -0.2) is 4.39 Å². The number of carbonyl (C=O) groups is 1. The predicted octanol–water partition coefficient (Wildman–Crippen LogP) is 0.807. The minimum atomic E-state index is -0.931. The van der Waals surface area contributed by atoms with Crippen molar-refractivity contribution in [1.82, 2.24) is 9.88 Å². The molecule has 1 aromatic heterocycles. The largest absolute Gasteiger partial charge is 0.323 e. The third kappa shape index (κ3) is 3.23. The summed E-state index contributed by atoms with van der Waals surface area (Å²) in [5.41, 5.74) is -0.549. The lowest BCUT2D eigenvalue weighted by Gasteiger charge is -2.12. The van der Waals surface area contributed by atoms with E-state index in [1.165, 1.54) is 6.20 Å². The minimum Gasteiger partial charge on any atom is -0.323 e. The molecule has 1 saturated heterocycles. The van der Waals surface area contributed by atoms with E-state index < -0.39 is 34.7 Å². The van der Waals surface area contributed by atoms with Crippen molar-refractivity contribution in [2.75, 3.05) is 5.32 Å². The zero-order chi connectivity index (χ0) is 15.6. The quantitative estimate of drug-likeness (QED) is 0.809. The summed E-state index contributed by atoms with van der Waals surface area (Å²) >= 11 is 5.94. The number of rotatable bonds is 3. The Morgan fingerprint density at radius 2 is 2.43 bits per heavy atom. The van der Waals surface area contributed by atoms with Crippen molar-refractivity contribution in [1.29, 1.82) is 5.26 Å². The van der Waals surface area contributed by atoms with E-state index in [1.54, 1.807) is 6.92 Å². The van der Waals surface area contributed by atoms with Crippen LogP contribution in [0.15, 0.2) is 17.1 Å². The molecular weight excluding hydrogens is 299 g/mol. The summed E-state index contributed by atoms with van der Waals surface area (Å²) in [6, 6.07) is 1.73. The van der Waals surface area contributed by atoms with Crippen molar-refractivity contribution in [3.63, 3.8) is 0 Å². The number of anilines is 1. The molecule has 112 valence electrons. The van der Waals surface area contributed by atoms with Crippen molar-refractivity contribution < 1.29 is 9.18 Å². The number of hydrogen-bond donors (Lipinski definition) is 2. The molecule has 0 bridgehead atoms. The molecule has 0 radical (unpaired) electrons. The van der Waals surface area contributed by atoms with Gasteiger partial charge in [0.2, 0.25) is 5.91 Å². The molecule has 1 fully saturated rings. The molecule has 6 nitrogen and oxygen atoms in total. The SMILES string of the molecule is CCn1cc(NC(=O)C2CC(Cl)C(C#N)N2)cc(F)c1=O. The van der Waals surface area contributed by atoms with Gasteiger partial charge in [-0.2, -0.15) is 5.26 Å². The molecule has 2 heterocycles. The van der Waals surface area contributed by atoms with E-state index in [4.69, 9.17) is 16.9 Å². The maximum atomic E-state index is 13.5. The van der Waals surface area contributed by atoms with Crippen LogP contribution in [0.5, 0.6) is 0 Å². The molecule has 0 aromatic carbocycles. The van der Waals surface area contributed by atoms with E-state index >= 15 is 0 Å². The average molecular weight is 313 g/mol. The van der Waals surface area contributed by atoms with Gasteiger partial charge in [0.25, 0.3) is 5.56 Å². The lowest BCUT2D eigenvalue weighted by molar-refractivity contribution is -0.117. The summed E-state index contributed by atoms with van der Waals surface area (Å²) in [6.45, 7) is 1.99. The lowest BCUT2D eigenvalue weighted by Crippen LogP contribution is -2.39. The minimum absolute atomic E-state index is 0.187. The normalized spacial score (nSPS) is 24.6. The first-order valence-electron chi connectivity index (χ1n) is 6.46. The fourth-order valence-corrected chi connectivity index (χ4v) is 2.49. The second kappa shape index (κ2) is 6.24. The van der Waals surface area contributed by atoms with Crippen LogP contribution in [-0.2, 0) is 11.3 Å². The molecule has 0 saturated carbocycles. The maximum absolute atomic E-state index is 13.5. The smallest absolute Gasteiger partial charge is 0.286 e. The Morgan fingerprint density at radius 3 is 3.00 bits per heavy atom. The van der Waals surface area contributed by atoms with E-state index in [2.05, 4.69) is 10.6 Å². The number of nitrogens with one attached hydrogen (secondary N) is 2. The number of alkyl halides is 1. The van der Waals surface area contributed by atoms with Gasteiger partial charge in [-0.15, -0.1) is 11.6 Å². The maximum Gasteiger partial charge on any atom is 0.286 e. The van der Waals surface area contributed by atoms with Gasteiger partial charge in [0.15, 0.2) is 5.82 Å². The van der Waals surface area contributed by atoms with Crippen molar-refractivity contribution in [3.05, 3.63) is 28.4 Å². The molecule has 1 aliphatic heterocycles. The average Bonchev–Trinajstić information content (AvgIpc) is 2.83. The van der Waals surface area contributed by atoms with E-state index in [0.29, 0.717) is 13.0 Å². The lowest BCUT2D eigenvalue weighted by atomic mass is 10.2. The highest BCUT2D eigenvalue weighted by Gasteiger charge is 2.36. The highest BCUT2D eigenvalue weighted by Crippen LogP contribution is 2.20. The zero-order valence-corrected chi connectivity index (χ0v) is 12.0. The number of aryl methyl sites for hydroxylation is 1. The van der Waals surface area contributed by atoms with Crippen LogP contribution in [-0.4, -0.2) is 27.9 Å². The van der Waals surface area contributed by atoms with Crippen molar-refractivity contribution in [2.24, 2.45) is 0 Å². The summed E-state index contributed by atoms with van der Waals surface area (Å²) < 4.78 is 14.6. The monoisotopic (exact) mass is 312 g/mol. The van der Waals surface area contributed by atoms with E-state index in [0.717, 1.165) is 10.6 Å². The van der Waals surface area contributed by atoms with Crippen LogP contribution in [0.4, 0.5) is 10.1 Å². The van der Waals surface area contributed by atoms with E-state index in [1.807, 2.05) is 6.07 Å². The Hall–Kier alpha value is -1.91. The number of carbonyl (C=O) groups excluding carboxylic acids is 1. The molecule has 0 spiro atoms. The summed E-state index contributed by atoms with van der Waals surface area (Å²) in [5, 5.41) is 13.7. The van der Waals surface area contributed by atoms with E-state index in [-0.39, 0.29) is 5.69 Å². The molecule has 1 aliphatic rings. The third-order valence-electron chi connectivity index (χ3n) is 3.31. The first-order valence-corrected chi connectivity index (χ1v) is 6.90. The fraction of sp³-hybridized carbons (Fsp3) is 0.462. The number of amides is 1. The van der Waals surface area contributed by atoms with Gasteiger partial charge in [-0.05, 0) is 13.3 Å². The zero-order valence-electron chi connectivity index (χ0n) is 11.3. The molecule has 0 aliphatic carbocycles. The van der Waals surface area contributed by atoms with Crippen LogP contribution >= 0.6 is 11.6 Å². The fourth-order valence-electron chi connectivity index (χ4n) is 2.18. The Balaban J connectivity index is 2.12. The molecule has 1 aromatic rings. The molecule has 2 rings (SSSR count). The van der Waals surface area contributed by atoms with Crippen LogP contribution in [0.3, 0.4) is 0 Å². The molecule has 3 atom stereocenters. The van der Waals surface area contributed by atoms with Gasteiger partial charge < -0.3 is 9.88 Å². The second-order valence-corrected chi connectivity index (χ2v) is 5.30. The molecule has 3 unspecified atom stereocenters. The molecule has 2 N–H and O–H groups in total. The number of aromatic nitrogens is 1. The van der Waals surface area contributed by atoms with E-state index in [9.17, 15) is 14.0 Å². The summed E-state index contributed by atoms with van der Waals surface area (Å²) in [5.74, 6) is -1.35. The van der Waals surface area contributed by atoms with Gasteiger partial charge in [0, 0.05) is 18.8 Å². The van der Waals surface area contributed by atoms with Gasteiger partial charge in [-0.3, -0.25) is 14.9 Å². The summed E-state index contributed by atoms with van der Waals surface area (Å²) in [4.78, 5) is 23.5. The molecule has 8 heteroatoms. The van der Waals surface area contributed by atoms with Crippen LogP contribution in [0.2, 0.25) is 0 Å². The molecule has 21 heavy (non-hydrogen) atoms. The van der Waals surface area contributed by atoms with Crippen molar-refractivity contribution in [2.45, 2.75) is 37.4 Å². The molecule has 1 amide bonds. The number of pyridine rings is 1. The standard InChI is InChI=1S/C13H14ClFN4O2/c1-2-19-6-7(3-9(15)13(19)21)17-12(20)10-4-8(14)11(5-16)18-10/h3,6,8,10-11,18H,2,4H2,1H3,(H,17,20). The number of nitriles is 1. The van der Waals surface area contributed by atoms with Crippen molar-refractivity contribution in [3.8, 4) is 6.07 Å². The Kier molecular flexibility index (Phi) is 4.60. The van der Waals surface area contributed by atoms with Crippen molar-refractivity contribution >= 4 is 23.2 Å². The predicted molar refractivity (Wildman–Crippen MR) is 75.5 cm³/mol. The van der Waals surface area contributed by atoms with Gasteiger partial charge in [-0.1, -0.05) is 0 Å². The van der Waals surface area contributed by atoms with Crippen LogP contribution in [0.25, 0.3) is 0 Å². The number of hydrogen-bond acceptors (Lipinski definition) is 4. The highest BCUT2D eigenvalue weighted by molar-refractivity contribution is 6.22. The number of nitrogens with zero attached hydrogens (tertiary/aromatic N) is 2. The highest BCUT2D eigenvalue weighted by atomic mass is 35.5. The van der Waals surface area contributed by atoms with Crippen LogP contribution in [0.1, 0.15) is 13.3 Å². The van der Waals surface area contributed by atoms with Gasteiger partial charge in [0.05, 0.1) is 23.2 Å². The third-order valence-corrected chi connectivity index (χ3v) is 3.74. The topological polar surface area (TPSA) is 86.9 Å². The van der Waals surface area contributed by atoms with Gasteiger partial charge in [0.1, 0.15) is 6.04 Å². The summed E-state index contributed by atoms with van der Waals surface area (Å²) in [7, 11) is 0. The second-order valence-electron chi connectivity index (χ2n) is 4.73. The Labute approximate surface area is 125 Å².